The summed E-state index contributed by atoms with van der Waals surface area (Å²) in [6.45, 7) is 9.76. The number of carbonyl (C=O) groups is 10. The van der Waals surface area contributed by atoms with Crippen LogP contribution in [0.5, 0.6) is 0 Å². The average molecular weight is 937 g/mol. The highest BCUT2D eigenvalue weighted by atomic mass is 32.2. The van der Waals surface area contributed by atoms with E-state index in [2.05, 4.69) is 31.9 Å². The molecule has 0 radical (unpaired) electrons. The maximum atomic E-state index is 13.8. The highest BCUT2D eigenvalue weighted by molar-refractivity contribution is 7.99. The van der Waals surface area contributed by atoms with Gasteiger partial charge in [-0.15, -0.1) is 11.8 Å². The van der Waals surface area contributed by atoms with E-state index in [4.69, 9.17) is 10.8 Å². The Labute approximate surface area is 381 Å². The molecule has 0 aliphatic carbocycles. The second kappa shape index (κ2) is 26.9. The first-order valence-corrected chi connectivity index (χ1v) is 22.5. The summed E-state index contributed by atoms with van der Waals surface area (Å²) in [5, 5.41) is 54.2. The molecular formula is C42H64N8O14S. The molecular weight excluding hydrogens is 873 g/mol. The molecule has 65 heavy (non-hydrogen) atoms. The van der Waals surface area contributed by atoms with Crippen LogP contribution in [-0.2, 0) is 54.4 Å². The number of aliphatic hydroxyl groups is 1. The number of carboxylic acids is 3. The summed E-state index contributed by atoms with van der Waals surface area (Å²) in [5.74, 6) is -10.2. The van der Waals surface area contributed by atoms with E-state index < -0.39 is 132 Å². The van der Waals surface area contributed by atoms with Gasteiger partial charge in [-0.05, 0) is 50.0 Å². The molecule has 9 atom stereocenters. The van der Waals surface area contributed by atoms with Crippen LogP contribution in [0, 0.1) is 11.8 Å². The molecule has 0 aromatic heterocycles. The molecule has 362 valence electrons. The third kappa shape index (κ3) is 18.3. The summed E-state index contributed by atoms with van der Waals surface area (Å²) in [4.78, 5) is 129. The van der Waals surface area contributed by atoms with E-state index in [0.29, 0.717) is 5.56 Å². The van der Waals surface area contributed by atoms with Crippen LogP contribution in [-0.4, -0.2) is 151 Å². The van der Waals surface area contributed by atoms with Crippen molar-refractivity contribution in [3.8, 4) is 0 Å². The number of nitrogens with two attached hydrogens (primary N) is 1. The highest BCUT2D eigenvalue weighted by Gasteiger charge is 2.41. The monoisotopic (exact) mass is 936 g/mol. The van der Waals surface area contributed by atoms with E-state index in [-0.39, 0.29) is 49.7 Å². The minimum Gasteiger partial charge on any atom is -0.481 e. The lowest BCUT2D eigenvalue weighted by atomic mass is 9.98. The molecule has 7 amide bonds. The van der Waals surface area contributed by atoms with Crippen molar-refractivity contribution >= 4 is 71.0 Å². The Balaban J connectivity index is 2.14. The number of nitrogens with one attached hydrogen (secondary N) is 6. The lowest BCUT2D eigenvalue weighted by molar-refractivity contribution is -0.147. The van der Waals surface area contributed by atoms with Gasteiger partial charge in [0.15, 0.2) is 6.10 Å². The van der Waals surface area contributed by atoms with Crippen LogP contribution in [0.4, 0.5) is 0 Å². The molecule has 0 spiro atoms. The number of aliphatic carboxylic acids is 3. The molecule has 2 rings (SSSR count). The Morgan fingerprint density at radius 1 is 0.723 bits per heavy atom. The molecule has 1 heterocycles. The normalized spacial score (nSPS) is 17.3. The zero-order chi connectivity index (χ0) is 49.1. The summed E-state index contributed by atoms with van der Waals surface area (Å²) in [6, 6.07) is -1.78. The van der Waals surface area contributed by atoms with Crippen LogP contribution in [0.3, 0.4) is 0 Å². The maximum absolute atomic E-state index is 13.8. The lowest BCUT2D eigenvalue weighted by Gasteiger charge is -2.31. The zero-order valence-electron chi connectivity index (χ0n) is 37.4. The molecule has 0 unspecified atom stereocenters. The van der Waals surface area contributed by atoms with E-state index in [0.717, 1.165) is 4.90 Å². The van der Waals surface area contributed by atoms with Crippen molar-refractivity contribution in [2.75, 3.05) is 11.6 Å². The van der Waals surface area contributed by atoms with Crippen molar-refractivity contribution in [1.29, 1.82) is 0 Å². The van der Waals surface area contributed by atoms with Crippen LogP contribution in [0.25, 0.3) is 0 Å². The van der Waals surface area contributed by atoms with Crippen LogP contribution >= 0.6 is 11.8 Å². The second-order valence-electron chi connectivity index (χ2n) is 16.6. The van der Waals surface area contributed by atoms with Crippen molar-refractivity contribution in [1.82, 2.24) is 36.8 Å². The molecule has 1 saturated heterocycles. The SMILES string of the molecule is CC[C@H](NC(=O)[C@H](CC(C)C)NC(=O)[C@@H](NC(=O)[C@@H](N)CCC(=O)O)C(C)C)[C@@H](O)C(=O)N1CSC[C@H]1C(=O)N[C@@H](C)C(=O)N[C@@H](CCC(=O)O)C(=O)N[C@@H](Cc1ccccc1)C(=O)O. The molecule has 23 heteroatoms. The molecule has 1 aromatic rings. The summed E-state index contributed by atoms with van der Waals surface area (Å²) in [7, 11) is 0. The van der Waals surface area contributed by atoms with Crippen molar-refractivity contribution in [3.05, 3.63) is 35.9 Å². The van der Waals surface area contributed by atoms with Gasteiger partial charge >= 0.3 is 17.9 Å². The Bertz CT molecular complexity index is 1850. The first-order valence-electron chi connectivity index (χ1n) is 21.3. The highest BCUT2D eigenvalue weighted by Crippen LogP contribution is 2.23. The Hall–Kier alpha value is -5.81. The number of hydrogen-bond acceptors (Lipinski definition) is 13. The number of rotatable bonds is 27. The van der Waals surface area contributed by atoms with Crippen molar-refractivity contribution in [2.45, 2.75) is 141 Å². The standard InChI is InChI=1S/C42H64N8O14S/c1-7-26(45-38(59)28(17-21(2)3)47-40(61)33(22(4)5)49-36(57)25(43)13-15-31(51)52)34(55)41(62)50-20-65-19-30(50)39(60)44-23(6)35(56)46-27(14-16-32(53)54)37(58)48-29(42(63)64)18-24-11-9-8-10-12-24/h8-12,21-23,25-30,33-34,55H,7,13-20,43H2,1-6H3,(H,44,60)(H,45,59)(H,46,56)(H,47,61)(H,48,58)(H,49,57)(H,51,52)(H,53,54)(H,63,64)/t23-,25-,26-,27-,28-,29-,30-,33-,34+/m0/s1. The van der Waals surface area contributed by atoms with E-state index >= 15 is 0 Å². The quantitative estimate of drug-likeness (QED) is 0.0487. The Morgan fingerprint density at radius 2 is 1.29 bits per heavy atom. The molecule has 0 saturated carbocycles. The van der Waals surface area contributed by atoms with E-state index in [1.807, 2.05) is 0 Å². The summed E-state index contributed by atoms with van der Waals surface area (Å²) in [6.07, 6.45) is -3.32. The fourth-order valence-corrected chi connectivity index (χ4v) is 7.77. The maximum Gasteiger partial charge on any atom is 0.326 e. The van der Waals surface area contributed by atoms with Gasteiger partial charge in [0.05, 0.1) is 18.0 Å². The van der Waals surface area contributed by atoms with Gasteiger partial charge in [-0.3, -0.25) is 43.2 Å². The predicted molar refractivity (Wildman–Crippen MR) is 235 cm³/mol. The number of amides is 7. The van der Waals surface area contributed by atoms with Crippen LogP contribution in [0.2, 0.25) is 0 Å². The minimum atomic E-state index is -1.87. The van der Waals surface area contributed by atoms with E-state index in [1.54, 1.807) is 65.0 Å². The molecule has 1 aliphatic heterocycles. The molecule has 22 nitrogen and oxygen atoms in total. The van der Waals surface area contributed by atoms with E-state index in [9.17, 15) is 63.3 Å². The van der Waals surface area contributed by atoms with Gasteiger partial charge in [0.25, 0.3) is 5.91 Å². The third-order valence-corrected chi connectivity index (χ3v) is 11.4. The number of carbonyl (C=O) groups excluding carboxylic acids is 7. The third-order valence-electron chi connectivity index (χ3n) is 10.4. The first-order chi connectivity index (χ1) is 30.5. The molecule has 1 aliphatic rings. The Kier molecular flexibility index (Phi) is 22.9. The van der Waals surface area contributed by atoms with Crippen molar-refractivity contribution in [3.63, 3.8) is 0 Å². The minimum absolute atomic E-state index is 0.0328. The van der Waals surface area contributed by atoms with Gasteiger partial charge in [0.2, 0.25) is 35.4 Å². The van der Waals surface area contributed by atoms with Crippen LogP contribution in [0.15, 0.2) is 30.3 Å². The Morgan fingerprint density at radius 3 is 1.85 bits per heavy atom. The van der Waals surface area contributed by atoms with Crippen LogP contribution < -0.4 is 37.6 Å². The summed E-state index contributed by atoms with van der Waals surface area (Å²) in [5.41, 5.74) is 6.42. The molecule has 1 aromatic carbocycles. The smallest absolute Gasteiger partial charge is 0.326 e. The van der Waals surface area contributed by atoms with Gasteiger partial charge < -0.3 is 63.0 Å². The van der Waals surface area contributed by atoms with Gasteiger partial charge in [-0.1, -0.05) is 65.0 Å². The van der Waals surface area contributed by atoms with Crippen molar-refractivity contribution in [2.24, 2.45) is 17.6 Å². The molecule has 0 bridgehead atoms. The molecule has 1 fully saturated rings. The molecule has 12 N–H and O–H groups in total. The summed E-state index contributed by atoms with van der Waals surface area (Å²) >= 11 is 1.18. The lowest BCUT2D eigenvalue weighted by Crippen LogP contribution is -2.60. The van der Waals surface area contributed by atoms with Gasteiger partial charge in [-0.25, -0.2) is 4.79 Å². The number of carboxylic acid groups (broad SMARTS) is 3. The predicted octanol–water partition coefficient (Wildman–Crippen LogP) is -1.33. The summed E-state index contributed by atoms with van der Waals surface area (Å²) < 4.78 is 0. The van der Waals surface area contributed by atoms with E-state index in [1.165, 1.54) is 18.7 Å². The number of thioether (sulfide) groups is 1. The van der Waals surface area contributed by atoms with Gasteiger partial charge in [0, 0.05) is 25.0 Å². The largest absolute Gasteiger partial charge is 0.481 e. The zero-order valence-corrected chi connectivity index (χ0v) is 38.2. The first kappa shape index (κ1) is 55.3. The van der Waals surface area contributed by atoms with Gasteiger partial charge in [0.1, 0.15) is 36.3 Å². The number of aliphatic hydroxyl groups excluding tert-OH is 1. The fraction of sp³-hybridized carbons (Fsp3) is 0.619. The van der Waals surface area contributed by atoms with Crippen molar-refractivity contribution < 1.29 is 68.4 Å². The number of nitrogens with zero attached hydrogens (tertiary/aromatic N) is 1. The average Bonchev–Trinajstić information content (AvgIpc) is 3.74. The topological polar surface area (TPSA) is 353 Å². The second-order valence-corrected chi connectivity index (χ2v) is 17.6. The fourth-order valence-electron chi connectivity index (χ4n) is 6.61. The van der Waals surface area contributed by atoms with Gasteiger partial charge in [-0.2, -0.15) is 0 Å². The van der Waals surface area contributed by atoms with Crippen LogP contribution in [0.1, 0.15) is 85.6 Å². The number of benzene rings is 1. The number of hydrogen-bond donors (Lipinski definition) is 11.